The van der Waals surface area contributed by atoms with Gasteiger partial charge in [-0.25, -0.2) is 0 Å². The van der Waals surface area contributed by atoms with E-state index in [9.17, 15) is 24.8 Å². The molecule has 1 saturated heterocycles. The van der Waals surface area contributed by atoms with Crippen molar-refractivity contribution in [1.82, 2.24) is 14.9 Å². The average molecular weight is 416 g/mol. The summed E-state index contributed by atoms with van der Waals surface area (Å²) in [5.74, 6) is -1.99. The smallest absolute Gasteiger partial charge is 0.295 e. The van der Waals surface area contributed by atoms with Crippen LogP contribution in [0.1, 0.15) is 22.7 Å². The second-order valence-electron chi connectivity index (χ2n) is 6.87. The number of nitro benzene ring substituents is 1. The first kappa shape index (κ1) is 19.9. The quantitative estimate of drug-likeness (QED) is 0.223. The molecule has 0 saturated carbocycles. The van der Waals surface area contributed by atoms with Gasteiger partial charge in [-0.2, -0.15) is 0 Å². The number of hydrogen-bond donors (Lipinski definition) is 1. The number of amides is 1. The molecule has 4 rings (SSSR count). The highest BCUT2D eigenvalue weighted by Gasteiger charge is 2.46. The molecule has 0 bridgehead atoms. The number of benzene rings is 1. The summed E-state index contributed by atoms with van der Waals surface area (Å²) in [6.45, 7) is 0.129. The van der Waals surface area contributed by atoms with E-state index in [1.807, 2.05) is 0 Å². The summed E-state index contributed by atoms with van der Waals surface area (Å²) in [5.41, 5.74) is 1.26. The van der Waals surface area contributed by atoms with Crippen molar-refractivity contribution < 1.29 is 19.6 Å². The van der Waals surface area contributed by atoms with E-state index in [2.05, 4.69) is 9.97 Å². The maximum absolute atomic E-state index is 12.9. The van der Waals surface area contributed by atoms with Crippen LogP contribution in [0.3, 0.4) is 0 Å². The predicted molar refractivity (Wildman–Crippen MR) is 109 cm³/mol. The molecule has 0 spiro atoms. The van der Waals surface area contributed by atoms with Crippen LogP contribution in [0, 0.1) is 10.1 Å². The predicted octanol–water partition coefficient (Wildman–Crippen LogP) is 3.01. The minimum atomic E-state index is -0.864. The van der Waals surface area contributed by atoms with Crippen LogP contribution in [0.25, 0.3) is 5.76 Å². The highest BCUT2D eigenvalue weighted by Crippen LogP contribution is 2.40. The van der Waals surface area contributed by atoms with Crippen LogP contribution in [-0.4, -0.2) is 36.6 Å². The number of carbonyl (C=O) groups is 2. The fourth-order valence-electron chi connectivity index (χ4n) is 3.51. The van der Waals surface area contributed by atoms with Gasteiger partial charge in [0.25, 0.3) is 17.4 Å². The number of aliphatic hydroxyl groups is 1. The molecule has 1 N–H and O–H groups in total. The van der Waals surface area contributed by atoms with E-state index in [4.69, 9.17) is 0 Å². The Labute approximate surface area is 176 Å². The summed E-state index contributed by atoms with van der Waals surface area (Å²) in [6, 6.07) is 11.1. The van der Waals surface area contributed by atoms with Crippen LogP contribution in [0.4, 0.5) is 5.69 Å². The van der Waals surface area contributed by atoms with Gasteiger partial charge in [0, 0.05) is 49.0 Å². The zero-order valence-corrected chi connectivity index (χ0v) is 16.1. The zero-order chi connectivity index (χ0) is 22.0. The largest absolute Gasteiger partial charge is 0.507 e. The van der Waals surface area contributed by atoms with Gasteiger partial charge in [0.15, 0.2) is 0 Å². The lowest BCUT2D eigenvalue weighted by Gasteiger charge is -2.25. The van der Waals surface area contributed by atoms with Crippen LogP contribution in [-0.2, 0) is 16.1 Å². The lowest BCUT2D eigenvalue weighted by Crippen LogP contribution is -2.29. The fourth-order valence-corrected chi connectivity index (χ4v) is 3.51. The van der Waals surface area contributed by atoms with Crippen LogP contribution in [0.15, 0.2) is 78.9 Å². The summed E-state index contributed by atoms with van der Waals surface area (Å²) in [4.78, 5) is 45.6. The van der Waals surface area contributed by atoms with E-state index < -0.39 is 28.4 Å². The van der Waals surface area contributed by atoms with Gasteiger partial charge in [0.05, 0.1) is 16.5 Å². The third-order valence-electron chi connectivity index (χ3n) is 4.99. The van der Waals surface area contributed by atoms with E-state index >= 15 is 0 Å². The first-order valence-electron chi connectivity index (χ1n) is 9.29. The number of nitrogens with zero attached hydrogens (tertiary/aromatic N) is 4. The maximum Gasteiger partial charge on any atom is 0.295 e. The fraction of sp³-hybridized carbons (Fsp3) is 0.0909. The van der Waals surface area contributed by atoms with Gasteiger partial charge in [-0.3, -0.25) is 29.7 Å². The molecule has 9 heteroatoms. The number of ketones is 1. The average Bonchev–Trinajstić information content (AvgIpc) is 3.05. The van der Waals surface area contributed by atoms with Gasteiger partial charge < -0.3 is 10.0 Å². The Morgan fingerprint density at radius 2 is 1.74 bits per heavy atom. The zero-order valence-electron chi connectivity index (χ0n) is 16.1. The molecule has 0 radical (unpaired) electrons. The molecular weight excluding hydrogens is 400 g/mol. The second kappa shape index (κ2) is 8.15. The van der Waals surface area contributed by atoms with Crippen molar-refractivity contribution >= 4 is 23.1 Å². The number of carbonyl (C=O) groups excluding carboxylic acids is 2. The summed E-state index contributed by atoms with van der Waals surface area (Å²) in [6.07, 6.45) is 6.26. The van der Waals surface area contributed by atoms with E-state index in [0.29, 0.717) is 5.56 Å². The van der Waals surface area contributed by atoms with Crippen molar-refractivity contribution in [2.45, 2.75) is 12.6 Å². The van der Waals surface area contributed by atoms with Crippen molar-refractivity contribution in [2.24, 2.45) is 0 Å². The minimum absolute atomic E-state index is 0.0964. The van der Waals surface area contributed by atoms with Gasteiger partial charge in [0.1, 0.15) is 5.76 Å². The first-order chi connectivity index (χ1) is 15.0. The summed E-state index contributed by atoms with van der Waals surface area (Å²) < 4.78 is 0. The molecule has 1 aliphatic rings. The third-order valence-corrected chi connectivity index (χ3v) is 4.99. The SMILES string of the molecule is O=C1C(=O)N(Cc2ccncc2)C(c2cccnc2)/C1=C(/O)c1ccc([N+](=O)[O-])cc1. The van der Waals surface area contributed by atoms with Gasteiger partial charge in [-0.05, 0) is 41.5 Å². The second-order valence-corrected chi connectivity index (χ2v) is 6.87. The van der Waals surface area contributed by atoms with E-state index in [1.165, 1.54) is 35.4 Å². The van der Waals surface area contributed by atoms with Crippen molar-refractivity contribution in [3.8, 4) is 0 Å². The summed E-state index contributed by atoms with van der Waals surface area (Å²) in [5, 5.41) is 21.8. The van der Waals surface area contributed by atoms with E-state index in [-0.39, 0.29) is 23.4 Å². The maximum atomic E-state index is 12.9. The third kappa shape index (κ3) is 3.76. The molecule has 3 heterocycles. The highest BCUT2D eigenvalue weighted by molar-refractivity contribution is 6.46. The number of non-ortho nitro benzene ring substituents is 1. The van der Waals surface area contributed by atoms with E-state index in [0.717, 1.165) is 5.56 Å². The number of nitro groups is 1. The van der Waals surface area contributed by atoms with Crippen molar-refractivity contribution in [3.05, 3.63) is 106 Å². The molecular formula is C22H16N4O5. The number of pyridine rings is 2. The van der Waals surface area contributed by atoms with Gasteiger partial charge in [-0.15, -0.1) is 0 Å². The standard InChI is InChI=1S/C22H16N4O5/c27-20(15-3-5-17(6-4-15)26(30)31)18-19(16-2-1-9-24-12-16)25(22(29)21(18)28)13-14-7-10-23-11-8-14/h1-12,19,27H,13H2/b20-18-. The molecule has 3 aromatic rings. The van der Waals surface area contributed by atoms with Crippen molar-refractivity contribution in [3.63, 3.8) is 0 Å². The molecule has 1 unspecified atom stereocenters. The molecule has 31 heavy (non-hydrogen) atoms. The minimum Gasteiger partial charge on any atom is -0.507 e. The lowest BCUT2D eigenvalue weighted by atomic mass is 9.96. The molecule has 154 valence electrons. The molecule has 9 nitrogen and oxygen atoms in total. The monoisotopic (exact) mass is 416 g/mol. The van der Waals surface area contributed by atoms with Crippen LogP contribution < -0.4 is 0 Å². The topological polar surface area (TPSA) is 127 Å². The van der Waals surface area contributed by atoms with Crippen molar-refractivity contribution in [1.29, 1.82) is 0 Å². The Morgan fingerprint density at radius 1 is 1.03 bits per heavy atom. The number of likely N-dealkylation sites (tertiary alicyclic amines) is 1. The van der Waals surface area contributed by atoms with Crippen LogP contribution >= 0.6 is 0 Å². The molecule has 1 aromatic carbocycles. The number of rotatable bonds is 5. The normalized spacial score (nSPS) is 17.7. The molecule has 1 amide bonds. The van der Waals surface area contributed by atoms with Gasteiger partial charge in [0.2, 0.25) is 0 Å². The number of Topliss-reactive ketones (excluding diaryl/α,β-unsaturated/α-hetero) is 1. The highest BCUT2D eigenvalue weighted by atomic mass is 16.6. The summed E-state index contributed by atoms with van der Waals surface area (Å²) >= 11 is 0. The molecule has 1 aliphatic heterocycles. The first-order valence-corrected chi connectivity index (χ1v) is 9.29. The Kier molecular flexibility index (Phi) is 5.23. The Morgan fingerprint density at radius 3 is 2.35 bits per heavy atom. The number of aliphatic hydroxyl groups excluding tert-OH is 1. The van der Waals surface area contributed by atoms with Gasteiger partial charge >= 0.3 is 0 Å². The molecule has 0 aliphatic carbocycles. The Hall–Kier alpha value is -4.40. The molecule has 1 atom stereocenters. The van der Waals surface area contributed by atoms with Crippen molar-refractivity contribution in [2.75, 3.05) is 0 Å². The Bertz CT molecular complexity index is 1180. The van der Waals surface area contributed by atoms with E-state index in [1.54, 1.807) is 42.9 Å². The van der Waals surface area contributed by atoms with Gasteiger partial charge in [-0.1, -0.05) is 6.07 Å². The number of aromatic nitrogens is 2. The molecule has 2 aromatic heterocycles. The number of hydrogen-bond acceptors (Lipinski definition) is 7. The van der Waals surface area contributed by atoms with Crippen LogP contribution in [0.2, 0.25) is 0 Å². The molecule has 1 fully saturated rings. The Balaban J connectivity index is 1.83. The summed E-state index contributed by atoms with van der Waals surface area (Å²) in [7, 11) is 0. The van der Waals surface area contributed by atoms with Crippen LogP contribution in [0.5, 0.6) is 0 Å². The lowest BCUT2D eigenvalue weighted by molar-refractivity contribution is -0.384.